The topological polar surface area (TPSA) is 102 Å². The number of aryl methyl sites for hydroxylation is 2. The number of H-pyrrole nitrogens is 1. The van der Waals surface area contributed by atoms with Crippen molar-refractivity contribution in [1.82, 2.24) is 15.0 Å². The summed E-state index contributed by atoms with van der Waals surface area (Å²) in [5.74, 6) is -1.84. The second-order valence-corrected chi connectivity index (χ2v) is 11.1. The van der Waals surface area contributed by atoms with E-state index in [0.717, 1.165) is 48.2 Å². The van der Waals surface area contributed by atoms with Crippen LogP contribution in [0, 0.1) is 11.8 Å². The zero-order valence-corrected chi connectivity index (χ0v) is 18.7. The summed E-state index contributed by atoms with van der Waals surface area (Å²) >= 11 is 0. The Labute approximate surface area is 177 Å². The van der Waals surface area contributed by atoms with Crippen molar-refractivity contribution in [2.75, 3.05) is 5.75 Å². The highest BCUT2D eigenvalue weighted by Gasteiger charge is 2.50. The normalized spacial score (nSPS) is 24.5. The second kappa shape index (κ2) is 8.86. The largest absolute Gasteiger partial charge is 0.346 e. The number of aromatic nitrogens is 3. The molecule has 2 aliphatic carbocycles. The van der Waals surface area contributed by atoms with E-state index in [4.69, 9.17) is 5.73 Å². The molecule has 30 heavy (non-hydrogen) atoms. The Bertz CT molecular complexity index is 963. The van der Waals surface area contributed by atoms with Crippen molar-refractivity contribution in [2.45, 2.75) is 76.5 Å². The van der Waals surface area contributed by atoms with Crippen LogP contribution in [0.4, 0.5) is 8.78 Å². The molecule has 2 saturated carbocycles. The molecule has 6 nitrogen and oxygen atoms in total. The van der Waals surface area contributed by atoms with Gasteiger partial charge in [0.05, 0.1) is 16.7 Å². The third-order valence-electron chi connectivity index (χ3n) is 6.28. The van der Waals surface area contributed by atoms with Crippen LogP contribution in [0.3, 0.4) is 0 Å². The highest BCUT2D eigenvalue weighted by atomic mass is 32.2. The number of hydrogen-bond donors (Lipinski definition) is 2. The van der Waals surface area contributed by atoms with E-state index in [9.17, 15) is 17.2 Å². The van der Waals surface area contributed by atoms with Crippen molar-refractivity contribution in [2.24, 2.45) is 17.6 Å². The SMILES string of the molecule is CC(C1CC(F)(F)C1)S(=O)(=O)CC1CC(N)C1.CCc1nc(CC)c2cc[nH]c2n1. The molecule has 168 valence electrons. The monoisotopic (exact) mass is 442 g/mol. The van der Waals surface area contributed by atoms with Crippen molar-refractivity contribution >= 4 is 20.9 Å². The van der Waals surface area contributed by atoms with Gasteiger partial charge in [0.15, 0.2) is 9.84 Å². The standard InChI is InChI=1S/C11H19F2NO2S.C10H13N3/c1-7(9-4-11(12,13)5-9)17(15,16)6-8-2-10(14)3-8;1-3-8-7-5-6-11-10(7)13-9(4-2)12-8/h7-10H,2-6,14H2,1H3;5-6H,3-4H2,1-2H3,(H,11,12,13). The Morgan fingerprint density at radius 1 is 1.23 bits per heavy atom. The van der Waals surface area contributed by atoms with Gasteiger partial charge in [0.2, 0.25) is 5.92 Å². The summed E-state index contributed by atoms with van der Waals surface area (Å²) in [5, 5.41) is 0.513. The first kappa shape index (κ1) is 23.1. The highest BCUT2D eigenvalue weighted by Crippen LogP contribution is 2.46. The Kier molecular flexibility index (Phi) is 6.81. The first-order valence-corrected chi connectivity index (χ1v) is 12.4. The van der Waals surface area contributed by atoms with Gasteiger partial charge >= 0.3 is 0 Å². The molecule has 2 aliphatic rings. The molecule has 1 unspecified atom stereocenters. The van der Waals surface area contributed by atoms with Gasteiger partial charge < -0.3 is 10.7 Å². The summed E-state index contributed by atoms with van der Waals surface area (Å²) in [6, 6.07) is 2.16. The van der Waals surface area contributed by atoms with Gasteiger partial charge in [-0.3, -0.25) is 0 Å². The molecule has 3 N–H and O–H groups in total. The zero-order chi connectivity index (χ0) is 22.1. The quantitative estimate of drug-likeness (QED) is 0.711. The molecule has 0 bridgehead atoms. The van der Waals surface area contributed by atoms with Gasteiger partial charge in [0, 0.05) is 36.9 Å². The maximum absolute atomic E-state index is 12.7. The van der Waals surface area contributed by atoms with Gasteiger partial charge in [-0.15, -0.1) is 0 Å². The Balaban J connectivity index is 0.000000177. The van der Waals surface area contributed by atoms with E-state index in [1.165, 1.54) is 0 Å². The number of aromatic amines is 1. The Morgan fingerprint density at radius 3 is 2.43 bits per heavy atom. The lowest BCUT2D eigenvalue weighted by Gasteiger charge is -2.39. The zero-order valence-electron chi connectivity index (χ0n) is 17.9. The number of hydrogen-bond acceptors (Lipinski definition) is 5. The summed E-state index contributed by atoms with van der Waals surface area (Å²) in [7, 11) is -3.24. The Morgan fingerprint density at radius 2 is 1.90 bits per heavy atom. The molecule has 4 rings (SSSR count). The fourth-order valence-electron chi connectivity index (χ4n) is 4.22. The molecule has 0 saturated heterocycles. The third kappa shape index (κ3) is 5.17. The van der Waals surface area contributed by atoms with Crippen molar-refractivity contribution in [3.05, 3.63) is 23.8 Å². The van der Waals surface area contributed by atoms with Crippen LogP contribution in [-0.2, 0) is 22.7 Å². The molecule has 0 amide bonds. The average molecular weight is 443 g/mol. The molecule has 2 heterocycles. The van der Waals surface area contributed by atoms with E-state index < -0.39 is 21.0 Å². The molecule has 2 aromatic heterocycles. The first-order valence-electron chi connectivity index (χ1n) is 10.7. The molecule has 0 radical (unpaired) electrons. The summed E-state index contributed by atoms with van der Waals surface area (Å²) in [6.07, 6.45) is 4.69. The number of alkyl halides is 2. The van der Waals surface area contributed by atoms with Crippen LogP contribution >= 0.6 is 0 Å². The van der Waals surface area contributed by atoms with Gasteiger partial charge in [-0.2, -0.15) is 0 Å². The van der Waals surface area contributed by atoms with E-state index in [2.05, 4.69) is 28.8 Å². The molecule has 9 heteroatoms. The summed E-state index contributed by atoms with van der Waals surface area (Å²) in [5.41, 5.74) is 7.71. The minimum Gasteiger partial charge on any atom is -0.346 e. The van der Waals surface area contributed by atoms with Gasteiger partial charge in [-0.25, -0.2) is 27.2 Å². The highest BCUT2D eigenvalue weighted by molar-refractivity contribution is 7.92. The van der Waals surface area contributed by atoms with Gasteiger partial charge in [-0.05, 0) is 44.1 Å². The summed E-state index contributed by atoms with van der Waals surface area (Å²) in [6.45, 7) is 5.76. The van der Waals surface area contributed by atoms with Crippen LogP contribution in [0.15, 0.2) is 12.3 Å². The number of nitrogens with one attached hydrogen (secondary N) is 1. The Hall–Kier alpha value is -1.61. The molecule has 1 atom stereocenters. The van der Waals surface area contributed by atoms with Crippen LogP contribution in [0.2, 0.25) is 0 Å². The predicted octanol–water partition coefficient (Wildman–Crippen LogP) is 3.66. The van der Waals surface area contributed by atoms with Crippen LogP contribution in [-0.4, -0.2) is 46.3 Å². The van der Waals surface area contributed by atoms with Gasteiger partial charge in [-0.1, -0.05) is 13.8 Å². The number of halogens is 2. The fourth-order valence-corrected chi connectivity index (χ4v) is 6.23. The van der Waals surface area contributed by atoms with Crippen LogP contribution < -0.4 is 5.73 Å². The number of nitrogens with two attached hydrogens (primary N) is 1. The molecular formula is C21H32F2N4O2S. The maximum atomic E-state index is 12.7. The average Bonchev–Trinajstić information content (AvgIpc) is 3.12. The number of sulfone groups is 1. The molecule has 0 spiro atoms. The minimum absolute atomic E-state index is 0.115. The first-order chi connectivity index (χ1) is 14.0. The van der Waals surface area contributed by atoms with Crippen molar-refractivity contribution < 1.29 is 17.2 Å². The smallest absolute Gasteiger partial charge is 0.248 e. The van der Waals surface area contributed by atoms with E-state index in [1.54, 1.807) is 6.92 Å². The number of nitrogens with zero attached hydrogens (tertiary/aromatic N) is 2. The van der Waals surface area contributed by atoms with Gasteiger partial charge in [0.1, 0.15) is 11.5 Å². The minimum atomic E-state index is -3.24. The molecular weight excluding hydrogens is 410 g/mol. The lowest BCUT2D eigenvalue weighted by molar-refractivity contribution is -0.109. The van der Waals surface area contributed by atoms with E-state index in [-0.39, 0.29) is 36.5 Å². The third-order valence-corrected chi connectivity index (χ3v) is 8.74. The molecule has 0 aliphatic heterocycles. The molecule has 0 aromatic carbocycles. The lowest BCUT2D eigenvalue weighted by Crippen LogP contribution is -2.46. The van der Waals surface area contributed by atoms with E-state index >= 15 is 0 Å². The fraction of sp³-hybridized carbons (Fsp3) is 0.714. The van der Waals surface area contributed by atoms with Crippen LogP contribution in [0.25, 0.3) is 11.0 Å². The van der Waals surface area contributed by atoms with E-state index in [1.807, 2.05) is 12.3 Å². The van der Waals surface area contributed by atoms with Gasteiger partial charge in [0.25, 0.3) is 0 Å². The number of fused-ring (bicyclic) bond motifs is 1. The van der Waals surface area contributed by atoms with Crippen LogP contribution in [0.5, 0.6) is 0 Å². The summed E-state index contributed by atoms with van der Waals surface area (Å²) < 4.78 is 49.4. The van der Waals surface area contributed by atoms with Crippen molar-refractivity contribution in [1.29, 1.82) is 0 Å². The maximum Gasteiger partial charge on any atom is 0.248 e. The lowest BCUT2D eigenvalue weighted by atomic mass is 9.79. The van der Waals surface area contributed by atoms with Crippen molar-refractivity contribution in [3.63, 3.8) is 0 Å². The van der Waals surface area contributed by atoms with Crippen LogP contribution in [0.1, 0.15) is 58.0 Å². The molecule has 2 aromatic rings. The second-order valence-electron chi connectivity index (χ2n) is 8.69. The predicted molar refractivity (Wildman–Crippen MR) is 114 cm³/mol. The van der Waals surface area contributed by atoms with Crippen molar-refractivity contribution in [3.8, 4) is 0 Å². The summed E-state index contributed by atoms with van der Waals surface area (Å²) in [4.78, 5) is 12.0. The molecule has 2 fully saturated rings. The number of rotatable bonds is 6. The van der Waals surface area contributed by atoms with E-state index in [0.29, 0.717) is 0 Å².